The summed E-state index contributed by atoms with van der Waals surface area (Å²) in [5.41, 5.74) is 0. The van der Waals surface area contributed by atoms with Crippen LogP contribution in [-0.4, -0.2) is 32.1 Å². The van der Waals surface area contributed by atoms with Crippen molar-refractivity contribution in [1.82, 2.24) is 5.01 Å². The van der Waals surface area contributed by atoms with Crippen LogP contribution >= 0.6 is 0 Å². The molecule has 8 heavy (non-hydrogen) atoms. The Balaban J connectivity index is 3.56. The number of hydrazone groups is 1. The van der Waals surface area contributed by atoms with Crippen LogP contribution < -0.4 is 0 Å². The molecule has 0 aromatic heterocycles. The molecule has 0 atom stereocenters. The molecule has 0 fully saturated rings. The molecule has 0 saturated carbocycles. The zero-order valence-corrected chi connectivity index (χ0v) is 5.80. The van der Waals surface area contributed by atoms with Crippen LogP contribution in [0.1, 0.15) is 6.92 Å². The van der Waals surface area contributed by atoms with E-state index in [0.29, 0.717) is 5.90 Å². The second kappa shape index (κ2) is 3.29. The minimum atomic E-state index is 0.676. The fourth-order valence-electron chi connectivity index (χ4n) is 0.322. The summed E-state index contributed by atoms with van der Waals surface area (Å²) in [4.78, 5) is 0. The summed E-state index contributed by atoms with van der Waals surface area (Å²) in [5.74, 6) is 0.676. The highest BCUT2D eigenvalue weighted by molar-refractivity contribution is 5.72. The molecule has 0 amide bonds. The third kappa shape index (κ3) is 3.46. The van der Waals surface area contributed by atoms with E-state index in [2.05, 4.69) is 5.10 Å². The SMILES string of the molecule is CO/C(C)=N/N(C)C. The van der Waals surface area contributed by atoms with Crippen LogP contribution in [0.3, 0.4) is 0 Å². The van der Waals surface area contributed by atoms with E-state index in [-0.39, 0.29) is 0 Å². The van der Waals surface area contributed by atoms with Gasteiger partial charge in [0.15, 0.2) is 0 Å². The molecule has 0 aromatic rings. The third-order valence-corrected chi connectivity index (χ3v) is 0.636. The molecule has 48 valence electrons. The highest BCUT2D eigenvalue weighted by atomic mass is 16.5. The molecule has 0 radical (unpaired) electrons. The number of hydrogen-bond acceptors (Lipinski definition) is 3. The first-order chi connectivity index (χ1) is 3.66. The van der Waals surface area contributed by atoms with E-state index in [1.807, 2.05) is 14.1 Å². The molecule has 3 nitrogen and oxygen atoms in total. The van der Waals surface area contributed by atoms with Gasteiger partial charge in [0.05, 0.1) is 7.11 Å². The summed E-state index contributed by atoms with van der Waals surface area (Å²) in [6, 6.07) is 0. The molecule has 0 rings (SSSR count). The van der Waals surface area contributed by atoms with E-state index < -0.39 is 0 Å². The van der Waals surface area contributed by atoms with Gasteiger partial charge in [-0.25, -0.2) is 0 Å². The predicted molar refractivity (Wildman–Crippen MR) is 33.8 cm³/mol. The second-order valence-corrected chi connectivity index (χ2v) is 1.67. The first-order valence-electron chi connectivity index (χ1n) is 2.43. The minimum Gasteiger partial charge on any atom is -0.483 e. The lowest BCUT2D eigenvalue weighted by molar-refractivity contribution is 0.358. The highest BCUT2D eigenvalue weighted by Gasteiger charge is 1.83. The molecule has 0 aliphatic carbocycles. The van der Waals surface area contributed by atoms with E-state index in [1.165, 1.54) is 0 Å². The molecule has 0 unspecified atom stereocenters. The van der Waals surface area contributed by atoms with Gasteiger partial charge in [-0.1, -0.05) is 0 Å². The van der Waals surface area contributed by atoms with Gasteiger partial charge in [-0.15, -0.1) is 5.10 Å². The standard InChI is InChI=1S/C5H12N2O/c1-5(8-4)6-7(2)3/h1-4H3/b6-5+. The smallest absolute Gasteiger partial charge is 0.202 e. The maximum Gasteiger partial charge on any atom is 0.202 e. The van der Waals surface area contributed by atoms with Gasteiger partial charge in [0.2, 0.25) is 5.90 Å². The summed E-state index contributed by atoms with van der Waals surface area (Å²) < 4.78 is 4.77. The second-order valence-electron chi connectivity index (χ2n) is 1.67. The number of rotatable bonds is 1. The largest absolute Gasteiger partial charge is 0.483 e. The maximum absolute atomic E-state index is 4.77. The predicted octanol–water partition coefficient (Wildman–Crippen LogP) is 0.528. The van der Waals surface area contributed by atoms with Crippen LogP contribution in [0.5, 0.6) is 0 Å². The average Bonchev–Trinajstić information content (AvgIpc) is 1.65. The highest BCUT2D eigenvalue weighted by Crippen LogP contribution is 1.79. The summed E-state index contributed by atoms with van der Waals surface area (Å²) >= 11 is 0. The van der Waals surface area contributed by atoms with Crippen molar-refractivity contribution >= 4 is 5.90 Å². The van der Waals surface area contributed by atoms with E-state index in [4.69, 9.17) is 4.74 Å². The third-order valence-electron chi connectivity index (χ3n) is 0.636. The monoisotopic (exact) mass is 116 g/mol. The number of methoxy groups -OCH3 is 1. The number of hydrogen-bond donors (Lipinski definition) is 0. The average molecular weight is 116 g/mol. The molecule has 0 aliphatic heterocycles. The van der Waals surface area contributed by atoms with Crippen molar-refractivity contribution in [1.29, 1.82) is 0 Å². The van der Waals surface area contributed by atoms with E-state index >= 15 is 0 Å². The summed E-state index contributed by atoms with van der Waals surface area (Å²) in [6.45, 7) is 1.81. The van der Waals surface area contributed by atoms with Gasteiger partial charge in [-0.3, -0.25) is 5.01 Å². The summed E-state index contributed by atoms with van der Waals surface area (Å²) in [7, 11) is 5.30. The fourth-order valence-corrected chi connectivity index (χ4v) is 0.322. The van der Waals surface area contributed by atoms with Gasteiger partial charge in [-0.2, -0.15) is 0 Å². The quantitative estimate of drug-likeness (QED) is 0.283. The van der Waals surface area contributed by atoms with Gasteiger partial charge in [0.1, 0.15) is 0 Å². The normalized spacial score (nSPS) is 11.2. The Morgan fingerprint density at radius 1 is 1.50 bits per heavy atom. The molecule has 0 saturated heterocycles. The molecule has 0 aliphatic rings. The van der Waals surface area contributed by atoms with Crippen LogP contribution in [0.25, 0.3) is 0 Å². The first kappa shape index (κ1) is 7.27. The molecule has 0 aromatic carbocycles. The Labute approximate surface area is 49.9 Å². The van der Waals surface area contributed by atoms with Crippen molar-refractivity contribution in [2.45, 2.75) is 6.92 Å². The van der Waals surface area contributed by atoms with Crippen molar-refractivity contribution in [2.24, 2.45) is 5.10 Å². The lowest BCUT2D eigenvalue weighted by atomic mass is 10.8. The molecule has 0 bridgehead atoms. The molecule has 0 N–H and O–H groups in total. The van der Waals surface area contributed by atoms with Gasteiger partial charge < -0.3 is 4.74 Å². The molecular formula is C5H12N2O. The summed E-state index contributed by atoms with van der Waals surface area (Å²) in [6.07, 6.45) is 0. The van der Waals surface area contributed by atoms with Crippen molar-refractivity contribution < 1.29 is 4.74 Å². The van der Waals surface area contributed by atoms with Crippen LogP contribution in [-0.2, 0) is 4.74 Å². The van der Waals surface area contributed by atoms with E-state index in [1.54, 1.807) is 19.0 Å². The van der Waals surface area contributed by atoms with Crippen molar-refractivity contribution in [3.63, 3.8) is 0 Å². The lowest BCUT2D eigenvalue weighted by Gasteiger charge is -2.04. The van der Waals surface area contributed by atoms with Gasteiger partial charge in [-0.05, 0) is 0 Å². The Kier molecular flexibility index (Phi) is 2.99. The Hall–Kier alpha value is -0.730. The van der Waals surface area contributed by atoms with Crippen LogP contribution in [0.15, 0.2) is 5.10 Å². The van der Waals surface area contributed by atoms with E-state index in [9.17, 15) is 0 Å². The molecule has 3 heteroatoms. The van der Waals surface area contributed by atoms with Crippen molar-refractivity contribution in [3.8, 4) is 0 Å². The van der Waals surface area contributed by atoms with Gasteiger partial charge >= 0.3 is 0 Å². The molecule has 0 heterocycles. The fraction of sp³-hybridized carbons (Fsp3) is 0.800. The van der Waals surface area contributed by atoms with Crippen LogP contribution in [0.2, 0.25) is 0 Å². The lowest BCUT2D eigenvalue weighted by Crippen LogP contribution is -2.07. The van der Waals surface area contributed by atoms with Crippen LogP contribution in [0, 0.1) is 0 Å². The van der Waals surface area contributed by atoms with Gasteiger partial charge in [0, 0.05) is 21.0 Å². The van der Waals surface area contributed by atoms with E-state index in [0.717, 1.165) is 0 Å². The van der Waals surface area contributed by atoms with Gasteiger partial charge in [0.25, 0.3) is 0 Å². The Morgan fingerprint density at radius 2 is 2.00 bits per heavy atom. The number of ether oxygens (including phenoxy) is 1. The Morgan fingerprint density at radius 3 is 2.12 bits per heavy atom. The van der Waals surface area contributed by atoms with Crippen molar-refractivity contribution in [2.75, 3.05) is 21.2 Å². The Bertz CT molecular complexity index is 88.4. The zero-order chi connectivity index (χ0) is 6.57. The van der Waals surface area contributed by atoms with Crippen LogP contribution in [0.4, 0.5) is 0 Å². The first-order valence-corrected chi connectivity index (χ1v) is 2.43. The minimum absolute atomic E-state index is 0.676. The van der Waals surface area contributed by atoms with Crippen molar-refractivity contribution in [3.05, 3.63) is 0 Å². The maximum atomic E-state index is 4.77. The zero-order valence-electron chi connectivity index (χ0n) is 5.80. The number of nitrogens with zero attached hydrogens (tertiary/aromatic N) is 2. The molecular weight excluding hydrogens is 104 g/mol. The summed E-state index contributed by atoms with van der Waals surface area (Å²) in [5, 5.41) is 5.62. The topological polar surface area (TPSA) is 24.8 Å². The molecule has 0 spiro atoms.